The highest BCUT2D eigenvalue weighted by molar-refractivity contribution is 7.99. The highest BCUT2D eigenvalue weighted by Crippen LogP contribution is 2.29. The number of hydrogen-bond acceptors (Lipinski definition) is 7. The van der Waals surface area contributed by atoms with E-state index in [1.807, 2.05) is 23.1 Å². The summed E-state index contributed by atoms with van der Waals surface area (Å²) in [7, 11) is 0. The summed E-state index contributed by atoms with van der Waals surface area (Å²) in [6, 6.07) is 7.60. The van der Waals surface area contributed by atoms with Gasteiger partial charge in [0.15, 0.2) is 5.16 Å². The van der Waals surface area contributed by atoms with Crippen molar-refractivity contribution >= 4 is 41.0 Å². The predicted octanol–water partition coefficient (Wildman–Crippen LogP) is 3.98. The van der Waals surface area contributed by atoms with Crippen LogP contribution in [0, 0.1) is 5.92 Å². The van der Waals surface area contributed by atoms with Crippen LogP contribution in [0.25, 0.3) is 0 Å². The average molecular weight is 531 g/mol. The van der Waals surface area contributed by atoms with Crippen molar-refractivity contribution in [2.24, 2.45) is 5.92 Å². The van der Waals surface area contributed by atoms with Crippen molar-refractivity contribution in [3.63, 3.8) is 0 Å². The predicted molar refractivity (Wildman–Crippen MR) is 143 cm³/mol. The van der Waals surface area contributed by atoms with Crippen molar-refractivity contribution < 1.29 is 9.59 Å². The summed E-state index contributed by atoms with van der Waals surface area (Å²) in [5.74, 6) is 1.85. The number of amides is 2. The van der Waals surface area contributed by atoms with Crippen LogP contribution in [-0.2, 0) is 16.0 Å². The van der Waals surface area contributed by atoms with Gasteiger partial charge in [-0.25, -0.2) is 9.97 Å². The molecule has 2 aromatic heterocycles. The number of hydrogen-bond donors (Lipinski definition) is 1. The maximum absolute atomic E-state index is 12.8. The van der Waals surface area contributed by atoms with Gasteiger partial charge in [0.25, 0.3) is 0 Å². The third-order valence-electron chi connectivity index (χ3n) is 6.94. The molecule has 2 aliphatic rings. The lowest BCUT2D eigenvalue weighted by atomic mass is 10.0. The van der Waals surface area contributed by atoms with Crippen molar-refractivity contribution in [2.75, 3.05) is 36.8 Å². The van der Waals surface area contributed by atoms with Crippen LogP contribution in [0.4, 0.5) is 5.82 Å². The van der Waals surface area contributed by atoms with Gasteiger partial charge in [0.05, 0.1) is 5.75 Å². The number of carbonyl (C=O) groups is 2. The van der Waals surface area contributed by atoms with Crippen molar-refractivity contribution in [3.8, 4) is 0 Å². The van der Waals surface area contributed by atoms with E-state index in [9.17, 15) is 9.59 Å². The monoisotopic (exact) mass is 530 g/mol. The smallest absolute Gasteiger partial charge is 0.230 e. The number of halogens is 1. The fraction of sp³-hybridized carbons (Fsp3) is 0.577. The van der Waals surface area contributed by atoms with E-state index in [4.69, 9.17) is 11.6 Å². The second-order valence-electron chi connectivity index (χ2n) is 9.61. The number of nitrogens with zero attached hydrogens (tertiary/aromatic N) is 5. The third kappa shape index (κ3) is 7.80. The minimum Gasteiger partial charge on any atom is -0.355 e. The van der Waals surface area contributed by atoms with Crippen LogP contribution >= 0.6 is 23.4 Å². The van der Waals surface area contributed by atoms with Crippen molar-refractivity contribution in [2.45, 2.75) is 63.1 Å². The molecule has 1 saturated carbocycles. The number of carbonyl (C=O) groups excluding carboxylic acids is 2. The third-order valence-corrected chi connectivity index (χ3v) is 7.98. The fourth-order valence-corrected chi connectivity index (χ4v) is 5.89. The lowest BCUT2D eigenvalue weighted by molar-refractivity contribution is -0.134. The van der Waals surface area contributed by atoms with Crippen LogP contribution in [0.5, 0.6) is 0 Å². The van der Waals surface area contributed by atoms with E-state index in [2.05, 4.69) is 32.1 Å². The molecular weight excluding hydrogens is 496 g/mol. The first-order chi connectivity index (χ1) is 17.5. The zero-order valence-electron chi connectivity index (χ0n) is 20.9. The Morgan fingerprint density at radius 2 is 2.03 bits per heavy atom. The SMILES string of the molecule is CC1CN(c2cc(Cl)nc(SCC(=O)NCCc3ccccn3)n2)CCN1C(=O)CCC1CCCC1. The second-order valence-corrected chi connectivity index (χ2v) is 10.9. The average Bonchev–Trinajstić information content (AvgIpc) is 3.40. The lowest BCUT2D eigenvalue weighted by Gasteiger charge is -2.40. The van der Waals surface area contributed by atoms with Gasteiger partial charge in [-0.3, -0.25) is 14.6 Å². The zero-order chi connectivity index (χ0) is 25.3. The maximum atomic E-state index is 12.8. The summed E-state index contributed by atoms with van der Waals surface area (Å²) in [6.45, 7) is 4.69. The first kappa shape index (κ1) is 26.7. The van der Waals surface area contributed by atoms with Crippen LogP contribution < -0.4 is 10.2 Å². The zero-order valence-corrected chi connectivity index (χ0v) is 22.4. The summed E-state index contributed by atoms with van der Waals surface area (Å²) < 4.78 is 0. The van der Waals surface area contributed by atoms with Gasteiger partial charge in [-0.15, -0.1) is 0 Å². The molecule has 2 amide bonds. The van der Waals surface area contributed by atoms with E-state index >= 15 is 0 Å². The van der Waals surface area contributed by atoms with Gasteiger partial charge in [0, 0.05) is 63.0 Å². The van der Waals surface area contributed by atoms with Crippen LogP contribution in [0.3, 0.4) is 0 Å². The quantitative estimate of drug-likeness (QED) is 0.282. The number of thioether (sulfide) groups is 1. The number of rotatable bonds is 10. The highest BCUT2D eigenvalue weighted by Gasteiger charge is 2.29. The molecule has 2 aromatic rings. The number of anilines is 1. The molecule has 3 heterocycles. The van der Waals surface area contributed by atoms with Crippen LogP contribution in [-0.4, -0.2) is 69.6 Å². The molecule has 8 nitrogen and oxygen atoms in total. The van der Waals surface area contributed by atoms with Crippen molar-refractivity contribution in [3.05, 3.63) is 41.3 Å². The summed E-state index contributed by atoms with van der Waals surface area (Å²) in [4.78, 5) is 42.5. The molecule has 0 bridgehead atoms. The van der Waals surface area contributed by atoms with E-state index in [1.54, 1.807) is 12.3 Å². The molecule has 1 saturated heterocycles. The van der Waals surface area contributed by atoms with Crippen LogP contribution in [0.2, 0.25) is 5.15 Å². The Bertz CT molecular complexity index is 1020. The van der Waals surface area contributed by atoms with Gasteiger partial charge in [-0.1, -0.05) is 55.1 Å². The molecule has 0 spiro atoms. The van der Waals surface area contributed by atoms with Gasteiger partial charge in [0.1, 0.15) is 11.0 Å². The lowest BCUT2D eigenvalue weighted by Crippen LogP contribution is -2.54. The number of pyridine rings is 1. The Balaban J connectivity index is 1.24. The molecule has 36 heavy (non-hydrogen) atoms. The summed E-state index contributed by atoms with van der Waals surface area (Å²) in [5.41, 5.74) is 0.943. The molecule has 0 radical (unpaired) electrons. The maximum Gasteiger partial charge on any atom is 0.230 e. The van der Waals surface area contributed by atoms with Crippen molar-refractivity contribution in [1.82, 2.24) is 25.2 Å². The first-order valence-electron chi connectivity index (χ1n) is 12.9. The molecular formula is C26H35ClN6O2S. The molecule has 1 atom stereocenters. The van der Waals surface area contributed by atoms with Gasteiger partial charge < -0.3 is 15.1 Å². The minimum atomic E-state index is -0.0839. The fourth-order valence-electron chi connectivity index (χ4n) is 4.98. The number of aromatic nitrogens is 3. The number of piperazine rings is 1. The summed E-state index contributed by atoms with van der Waals surface area (Å²) in [5, 5.41) is 3.73. The normalized spacial score (nSPS) is 18.4. The Morgan fingerprint density at radius 3 is 2.78 bits per heavy atom. The molecule has 1 unspecified atom stereocenters. The highest BCUT2D eigenvalue weighted by atomic mass is 35.5. The van der Waals surface area contributed by atoms with E-state index in [0.29, 0.717) is 49.3 Å². The topological polar surface area (TPSA) is 91.3 Å². The molecule has 0 aromatic carbocycles. The molecule has 4 rings (SSSR count). The van der Waals surface area contributed by atoms with Crippen molar-refractivity contribution in [1.29, 1.82) is 0 Å². The van der Waals surface area contributed by atoms with E-state index in [-0.39, 0.29) is 23.6 Å². The van der Waals surface area contributed by atoms with Gasteiger partial charge in [-0.2, -0.15) is 0 Å². The Hall–Kier alpha value is -2.39. The molecule has 1 N–H and O–H groups in total. The molecule has 2 fully saturated rings. The molecule has 1 aliphatic heterocycles. The molecule has 194 valence electrons. The standard InChI is InChI=1S/C26H35ClN6O2S/c1-19-17-32(14-15-33(19)25(35)10-9-20-6-2-3-7-20)23-16-22(27)30-26(31-23)36-18-24(34)29-13-11-21-8-4-5-12-28-21/h4-5,8,12,16,19-20H,2-3,6-7,9-11,13-15,17-18H2,1H3,(H,29,34). The number of nitrogens with one attached hydrogen (secondary N) is 1. The Kier molecular flexibility index (Phi) is 9.81. The van der Waals surface area contributed by atoms with Crippen LogP contribution in [0.15, 0.2) is 35.6 Å². The summed E-state index contributed by atoms with van der Waals surface area (Å²) in [6.07, 6.45) is 9.28. The first-order valence-corrected chi connectivity index (χ1v) is 14.2. The van der Waals surface area contributed by atoms with E-state index in [0.717, 1.165) is 23.9 Å². The largest absolute Gasteiger partial charge is 0.355 e. The summed E-state index contributed by atoms with van der Waals surface area (Å²) >= 11 is 7.56. The van der Waals surface area contributed by atoms with Gasteiger partial charge in [0.2, 0.25) is 11.8 Å². The minimum absolute atomic E-state index is 0.0839. The van der Waals surface area contributed by atoms with Crippen LogP contribution in [0.1, 0.15) is 51.1 Å². The van der Waals surface area contributed by atoms with Gasteiger partial charge >= 0.3 is 0 Å². The van der Waals surface area contributed by atoms with E-state index < -0.39 is 0 Å². The Morgan fingerprint density at radius 1 is 1.19 bits per heavy atom. The molecule has 10 heteroatoms. The Labute approximate surface area is 222 Å². The van der Waals surface area contributed by atoms with E-state index in [1.165, 1.54) is 37.4 Å². The second kappa shape index (κ2) is 13.2. The van der Waals surface area contributed by atoms with Gasteiger partial charge in [-0.05, 0) is 31.4 Å². The molecule has 1 aliphatic carbocycles.